The minimum atomic E-state index is -2.89. The van der Waals surface area contributed by atoms with Crippen molar-refractivity contribution in [1.82, 2.24) is 24.2 Å². The summed E-state index contributed by atoms with van der Waals surface area (Å²) in [5.41, 5.74) is 6.80. The van der Waals surface area contributed by atoms with Gasteiger partial charge in [-0.2, -0.15) is 22.7 Å². The van der Waals surface area contributed by atoms with Gasteiger partial charge in [-0.1, -0.05) is 62.7 Å². The SMILES string of the molecule is CC(C)(C)C[C@]1(c2ccc(-c3cnn(C(F)F)c3)cc2)N=C(N)N([C@H](COC(=O)CC2CC2)c2ccc(Cl)c(-c3nccn3C(F)F)c2)C1=O. The predicted molar refractivity (Wildman–Crippen MR) is 178 cm³/mol. The summed E-state index contributed by atoms with van der Waals surface area (Å²) in [7, 11) is 0. The summed E-state index contributed by atoms with van der Waals surface area (Å²) in [6.07, 6.45) is 7.24. The van der Waals surface area contributed by atoms with E-state index in [2.05, 4.69) is 10.1 Å². The third-order valence-corrected chi connectivity index (χ3v) is 9.10. The first-order valence-corrected chi connectivity index (χ1v) is 16.4. The lowest BCUT2D eigenvalue weighted by molar-refractivity contribution is -0.148. The van der Waals surface area contributed by atoms with Gasteiger partial charge < -0.3 is 10.5 Å². The van der Waals surface area contributed by atoms with Gasteiger partial charge in [-0.25, -0.2) is 14.7 Å². The second kappa shape index (κ2) is 13.5. The molecule has 1 aliphatic carbocycles. The molecule has 2 N–H and O–H groups in total. The Morgan fingerprint density at radius 2 is 1.80 bits per heavy atom. The second-order valence-electron chi connectivity index (χ2n) is 13.8. The number of halogens is 5. The van der Waals surface area contributed by atoms with Crippen molar-refractivity contribution in [2.45, 2.75) is 71.1 Å². The van der Waals surface area contributed by atoms with E-state index in [1.807, 2.05) is 20.8 Å². The number of hydrogen-bond acceptors (Lipinski definition) is 7. The molecule has 3 heterocycles. The Morgan fingerprint density at radius 1 is 1.08 bits per heavy atom. The Hall–Kier alpha value is -4.72. The Kier molecular flexibility index (Phi) is 9.51. The van der Waals surface area contributed by atoms with Crippen LogP contribution in [-0.2, 0) is 19.9 Å². The molecular formula is C35H36ClF4N7O3. The van der Waals surface area contributed by atoms with E-state index in [1.54, 1.807) is 30.3 Å². The summed E-state index contributed by atoms with van der Waals surface area (Å²) in [5, 5.41) is 3.85. The van der Waals surface area contributed by atoms with Crippen molar-refractivity contribution >= 4 is 29.4 Å². The lowest BCUT2D eigenvalue weighted by Gasteiger charge is -2.35. The first kappa shape index (κ1) is 35.1. The van der Waals surface area contributed by atoms with Gasteiger partial charge in [-0.15, -0.1) is 0 Å². The number of guanidine groups is 1. The van der Waals surface area contributed by atoms with Crippen molar-refractivity contribution in [3.8, 4) is 22.5 Å². The maximum atomic E-state index is 14.9. The van der Waals surface area contributed by atoms with E-state index in [-0.39, 0.29) is 47.7 Å². The van der Waals surface area contributed by atoms with Crippen molar-refractivity contribution < 1.29 is 31.9 Å². The fourth-order valence-electron chi connectivity index (χ4n) is 6.32. The summed E-state index contributed by atoms with van der Waals surface area (Å²) >= 11 is 6.49. The van der Waals surface area contributed by atoms with Gasteiger partial charge in [0.05, 0.1) is 17.3 Å². The molecule has 264 valence electrons. The molecule has 2 aromatic carbocycles. The van der Waals surface area contributed by atoms with Crippen LogP contribution in [0.25, 0.3) is 22.5 Å². The van der Waals surface area contributed by atoms with E-state index in [4.69, 9.17) is 27.1 Å². The third kappa shape index (κ3) is 7.11. The fraction of sp³-hybridized carbons (Fsp3) is 0.400. The highest BCUT2D eigenvalue weighted by molar-refractivity contribution is 6.33. The number of alkyl halides is 4. The van der Waals surface area contributed by atoms with Crippen molar-refractivity contribution in [3.05, 3.63) is 83.4 Å². The number of hydrogen-bond donors (Lipinski definition) is 1. The zero-order valence-electron chi connectivity index (χ0n) is 27.6. The molecule has 0 bridgehead atoms. The topological polar surface area (TPSA) is 121 Å². The summed E-state index contributed by atoms with van der Waals surface area (Å²) in [6, 6.07) is 10.4. The number of carbonyl (C=O) groups excluding carboxylic acids is 2. The van der Waals surface area contributed by atoms with Crippen molar-refractivity contribution in [2.24, 2.45) is 22.1 Å². The molecule has 1 saturated carbocycles. The first-order chi connectivity index (χ1) is 23.7. The molecule has 15 heteroatoms. The number of carbonyl (C=O) groups is 2. The molecule has 50 heavy (non-hydrogen) atoms. The molecule has 2 aromatic heterocycles. The van der Waals surface area contributed by atoms with Gasteiger partial charge in [-0.3, -0.25) is 19.1 Å². The molecule has 0 radical (unpaired) electrons. The van der Waals surface area contributed by atoms with E-state index < -0.39 is 42.0 Å². The van der Waals surface area contributed by atoms with Gasteiger partial charge in [0.15, 0.2) is 11.5 Å². The number of amides is 1. The van der Waals surface area contributed by atoms with Crippen LogP contribution in [0.2, 0.25) is 5.02 Å². The monoisotopic (exact) mass is 713 g/mol. The molecule has 4 aromatic rings. The first-order valence-electron chi connectivity index (χ1n) is 16.1. The number of aromatic nitrogens is 4. The van der Waals surface area contributed by atoms with E-state index in [0.29, 0.717) is 31.5 Å². The van der Waals surface area contributed by atoms with Crippen LogP contribution in [0.15, 0.2) is 72.2 Å². The Balaban J connectivity index is 1.40. The van der Waals surface area contributed by atoms with Crippen LogP contribution in [0.3, 0.4) is 0 Å². The van der Waals surface area contributed by atoms with Crippen LogP contribution in [0.4, 0.5) is 17.6 Å². The van der Waals surface area contributed by atoms with Crippen molar-refractivity contribution in [1.29, 1.82) is 0 Å². The zero-order valence-corrected chi connectivity index (χ0v) is 28.3. The second-order valence-corrected chi connectivity index (χ2v) is 14.2. The number of rotatable bonds is 12. The lowest BCUT2D eigenvalue weighted by atomic mass is 9.75. The highest BCUT2D eigenvalue weighted by atomic mass is 35.5. The van der Waals surface area contributed by atoms with Gasteiger partial charge >= 0.3 is 19.1 Å². The highest BCUT2D eigenvalue weighted by Crippen LogP contribution is 2.46. The molecule has 2 atom stereocenters. The number of aliphatic imine (C=N–C) groups is 1. The molecular weight excluding hydrogens is 678 g/mol. The summed E-state index contributed by atoms with van der Waals surface area (Å²) < 4.78 is 60.9. The number of esters is 1. The molecule has 0 saturated heterocycles. The fourth-order valence-corrected chi connectivity index (χ4v) is 6.52. The normalized spacial score (nSPS) is 18.6. The van der Waals surface area contributed by atoms with Gasteiger partial charge in [0, 0.05) is 36.1 Å². The van der Waals surface area contributed by atoms with Crippen molar-refractivity contribution in [2.75, 3.05) is 6.61 Å². The number of ether oxygens (including phenoxy) is 1. The molecule has 6 rings (SSSR count). The molecule has 0 spiro atoms. The number of nitrogens with zero attached hydrogens (tertiary/aromatic N) is 6. The summed E-state index contributed by atoms with van der Waals surface area (Å²) in [5.74, 6) is -0.892. The molecule has 1 fully saturated rings. The molecule has 1 amide bonds. The average Bonchev–Trinajstić information content (AvgIpc) is 3.42. The van der Waals surface area contributed by atoms with Gasteiger partial charge in [0.1, 0.15) is 12.4 Å². The highest BCUT2D eigenvalue weighted by Gasteiger charge is 2.53. The maximum absolute atomic E-state index is 14.9. The zero-order chi connectivity index (χ0) is 36.0. The van der Waals surface area contributed by atoms with Gasteiger partial charge in [0.2, 0.25) is 0 Å². The minimum absolute atomic E-state index is 0.0908. The van der Waals surface area contributed by atoms with E-state index in [9.17, 15) is 27.2 Å². The molecule has 10 nitrogen and oxygen atoms in total. The average molecular weight is 714 g/mol. The minimum Gasteiger partial charge on any atom is -0.463 e. The Labute approximate surface area is 290 Å². The van der Waals surface area contributed by atoms with Crippen LogP contribution in [0.1, 0.15) is 76.7 Å². The standard InChI is InChI=1S/C35H36ClF4N7O3/c1-34(2,3)19-35(24-9-6-21(7-10-24)23-16-43-46(17-23)32(39)40)30(49)47(33(41)44-35)27(18-50-28(48)14-20-4-5-20)22-8-11-26(36)25(15-22)29-42-12-13-45(29)31(37)38/h6-13,15-17,20,27,31-32H,4-5,14,18-19H2,1-3H3,(H2,41,44)/t27-,35-/m1/s1. The number of benzene rings is 2. The number of imidazole rings is 1. The quantitative estimate of drug-likeness (QED) is 0.119. The Morgan fingerprint density at radius 3 is 2.42 bits per heavy atom. The largest absolute Gasteiger partial charge is 0.463 e. The molecule has 1 aliphatic heterocycles. The molecule has 0 unspecified atom stereocenters. The van der Waals surface area contributed by atoms with Gasteiger partial charge in [0.25, 0.3) is 5.91 Å². The summed E-state index contributed by atoms with van der Waals surface area (Å²) in [4.78, 5) is 37.9. The van der Waals surface area contributed by atoms with E-state index >= 15 is 0 Å². The Bertz CT molecular complexity index is 1920. The van der Waals surface area contributed by atoms with Crippen LogP contribution in [0.5, 0.6) is 0 Å². The van der Waals surface area contributed by atoms with Crippen LogP contribution in [-0.4, -0.2) is 48.7 Å². The van der Waals surface area contributed by atoms with E-state index in [1.165, 1.54) is 35.6 Å². The maximum Gasteiger partial charge on any atom is 0.333 e. The molecule has 2 aliphatic rings. The predicted octanol–water partition coefficient (Wildman–Crippen LogP) is 7.73. The third-order valence-electron chi connectivity index (χ3n) is 8.77. The van der Waals surface area contributed by atoms with Crippen LogP contribution >= 0.6 is 11.6 Å². The van der Waals surface area contributed by atoms with Gasteiger partial charge in [-0.05, 0) is 59.4 Å². The van der Waals surface area contributed by atoms with Crippen LogP contribution < -0.4 is 5.73 Å². The smallest absolute Gasteiger partial charge is 0.333 e. The van der Waals surface area contributed by atoms with Crippen molar-refractivity contribution in [3.63, 3.8) is 0 Å². The van der Waals surface area contributed by atoms with Crippen LogP contribution in [0, 0.1) is 11.3 Å². The lowest BCUT2D eigenvalue weighted by Crippen LogP contribution is -2.47. The number of nitrogens with two attached hydrogens (primary N) is 1. The van der Waals surface area contributed by atoms with E-state index in [0.717, 1.165) is 19.0 Å². The summed E-state index contributed by atoms with van der Waals surface area (Å²) in [6.45, 7) is -0.109.